The Labute approximate surface area is 121 Å². The van der Waals surface area contributed by atoms with Gasteiger partial charge in [0.15, 0.2) is 0 Å². The van der Waals surface area contributed by atoms with Crippen LogP contribution in [0.25, 0.3) is 0 Å². The highest BCUT2D eigenvalue weighted by Gasteiger charge is 2.21. The van der Waals surface area contributed by atoms with Gasteiger partial charge in [-0.1, -0.05) is 26.1 Å². The SMILES string of the molecule is CC(C)C1CCCN(c2cccnc2C(N)=S)CC1. The van der Waals surface area contributed by atoms with Gasteiger partial charge in [-0.2, -0.15) is 0 Å². The van der Waals surface area contributed by atoms with Crippen LogP contribution in [0.15, 0.2) is 18.3 Å². The smallest absolute Gasteiger partial charge is 0.124 e. The maximum atomic E-state index is 5.78. The molecule has 1 atom stereocenters. The average molecular weight is 277 g/mol. The van der Waals surface area contributed by atoms with Crippen LogP contribution in [0.1, 0.15) is 38.8 Å². The molecule has 0 amide bonds. The van der Waals surface area contributed by atoms with Crippen molar-refractivity contribution in [1.29, 1.82) is 0 Å². The summed E-state index contributed by atoms with van der Waals surface area (Å²) in [5.74, 6) is 1.60. The molecule has 3 nitrogen and oxygen atoms in total. The van der Waals surface area contributed by atoms with E-state index >= 15 is 0 Å². The van der Waals surface area contributed by atoms with Gasteiger partial charge in [0.1, 0.15) is 10.7 Å². The number of thiocarbonyl (C=S) groups is 1. The van der Waals surface area contributed by atoms with Crippen LogP contribution in [0.4, 0.5) is 5.69 Å². The summed E-state index contributed by atoms with van der Waals surface area (Å²) in [5.41, 5.74) is 7.64. The molecule has 2 N–H and O–H groups in total. The standard InChI is InChI=1S/C15H23N3S/c1-11(2)12-5-4-9-18(10-7-12)13-6-3-8-17-14(13)15(16)19/h3,6,8,11-12H,4-5,7,9-10H2,1-2H3,(H2,16,19). The van der Waals surface area contributed by atoms with Crippen LogP contribution in [0.2, 0.25) is 0 Å². The summed E-state index contributed by atoms with van der Waals surface area (Å²) in [4.78, 5) is 7.11. The first-order chi connectivity index (χ1) is 9.09. The summed E-state index contributed by atoms with van der Waals surface area (Å²) in [5, 5.41) is 0. The summed E-state index contributed by atoms with van der Waals surface area (Å²) in [6.07, 6.45) is 5.54. The molecule has 1 saturated heterocycles. The van der Waals surface area contributed by atoms with Crippen molar-refractivity contribution in [3.63, 3.8) is 0 Å². The first-order valence-corrected chi connectivity index (χ1v) is 7.50. The van der Waals surface area contributed by atoms with Gasteiger partial charge in [0.05, 0.1) is 5.69 Å². The first-order valence-electron chi connectivity index (χ1n) is 7.09. The zero-order chi connectivity index (χ0) is 13.8. The largest absolute Gasteiger partial charge is 0.388 e. The topological polar surface area (TPSA) is 42.2 Å². The molecule has 1 unspecified atom stereocenters. The van der Waals surface area contributed by atoms with E-state index in [4.69, 9.17) is 18.0 Å². The molecule has 0 aromatic carbocycles. The second kappa shape index (κ2) is 6.33. The second-order valence-electron chi connectivity index (χ2n) is 5.66. The van der Waals surface area contributed by atoms with Crippen molar-refractivity contribution in [2.75, 3.05) is 18.0 Å². The van der Waals surface area contributed by atoms with Crippen LogP contribution >= 0.6 is 12.2 Å². The molecule has 0 bridgehead atoms. The van der Waals surface area contributed by atoms with E-state index < -0.39 is 0 Å². The van der Waals surface area contributed by atoms with Crippen LogP contribution in [0.5, 0.6) is 0 Å². The summed E-state index contributed by atoms with van der Waals surface area (Å²) in [6.45, 7) is 6.80. The lowest BCUT2D eigenvalue weighted by atomic mass is 9.89. The molecule has 2 heterocycles. The minimum atomic E-state index is 0.389. The fourth-order valence-corrected chi connectivity index (χ4v) is 3.03. The van der Waals surface area contributed by atoms with Gasteiger partial charge in [0, 0.05) is 19.3 Å². The highest BCUT2D eigenvalue weighted by molar-refractivity contribution is 7.80. The average Bonchev–Trinajstić information content (AvgIpc) is 2.64. The van der Waals surface area contributed by atoms with Gasteiger partial charge in [-0.15, -0.1) is 0 Å². The number of nitrogens with two attached hydrogens (primary N) is 1. The molecule has 1 aromatic rings. The minimum Gasteiger partial charge on any atom is -0.388 e. The molecule has 1 aromatic heterocycles. The van der Waals surface area contributed by atoms with Gasteiger partial charge < -0.3 is 10.6 Å². The zero-order valence-corrected chi connectivity index (χ0v) is 12.6. The van der Waals surface area contributed by atoms with Crippen LogP contribution in [0, 0.1) is 11.8 Å². The highest BCUT2D eigenvalue weighted by Crippen LogP contribution is 2.28. The van der Waals surface area contributed by atoms with Crippen LogP contribution in [0.3, 0.4) is 0 Å². The fraction of sp³-hybridized carbons (Fsp3) is 0.600. The molecule has 19 heavy (non-hydrogen) atoms. The van der Waals surface area contributed by atoms with Crippen molar-refractivity contribution >= 4 is 22.9 Å². The third-order valence-corrected chi connectivity index (χ3v) is 4.27. The monoisotopic (exact) mass is 277 g/mol. The molecule has 0 radical (unpaired) electrons. The van der Waals surface area contributed by atoms with Gasteiger partial charge in [-0.25, -0.2) is 0 Å². The van der Waals surface area contributed by atoms with E-state index in [2.05, 4.69) is 29.8 Å². The third-order valence-electron chi connectivity index (χ3n) is 4.08. The minimum absolute atomic E-state index is 0.389. The number of hydrogen-bond donors (Lipinski definition) is 1. The van der Waals surface area contributed by atoms with Crippen molar-refractivity contribution in [2.45, 2.75) is 33.1 Å². The molecule has 1 aliphatic heterocycles. The van der Waals surface area contributed by atoms with Crippen LogP contribution < -0.4 is 10.6 Å². The lowest BCUT2D eigenvalue weighted by Crippen LogP contribution is -2.28. The van der Waals surface area contributed by atoms with Crippen LogP contribution in [-0.4, -0.2) is 23.1 Å². The number of pyridine rings is 1. The Kier molecular flexibility index (Phi) is 4.75. The third kappa shape index (κ3) is 3.44. The molecule has 0 saturated carbocycles. The molecular weight excluding hydrogens is 254 g/mol. The lowest BCUT2D eigenvalue weighted by molar-refractivity contribution is 0.351. The van der Waals surface area contributed by atoms with E-state index in [0.717, 1.165) is 36.3 Å². The molecule has 0 spiro atoms. The van der Waals surface area contributed by atoms with Gasteiger partial charge in [-0.05, 0) is 43.2 Å². The molecule has 1 fully saturated rings. The van der Waals surface area contributed by atoms with Crippen molar-refractivity contribution in [3.05, 3.63) is 24.0 Å². The number of rotatable bonds is 3. The van der Waals surface area contributed by atoms with E-state index in [1.807, 2.05) is 6.07 Å². The molecule has 1 aliphatic rings. The first kappa shape index (κ1) is 14.3. The summed E-state index contributed by atoms with van der Waals surface area (Å²) < 4.78 is 0. The number of aromatic nitrogens is 1. The quantitative estimate of drug-likeness (QED) is 0.863. The van der Waals surface area contributed by atoms with Crippen molar-refractivity contribution < 1.29 is 0 Å². The molecule has 4 heteroatoms. The Morgan fingerprint density at radius 1 is 1.42 bits per heavy atom. The number of nitrogens with zero attached hydrogens (tertiary/aromatic N) is 2. The van der Waals surface area contributed by atoms with E-state index in [-0.39, 0.29) is 0 Å². The molecule has 0 aliphatic carbocycles. The maximum absolute atomic E-state index is 5.78. The molecular formula is C15H23N3S. The van der Waals surface area contributed by atoms with Crippen molar-refractivity contribution in [2.24, 2.45) is 17.6 Å². The fourth-order valence-electron chi connectivity index (χ4n) is 2.87. The Morgan fingerprint density at radius 2 is 2.21 bits per heavy atom. The van der Waals surface area contributed by atoms with E-state index in [9.17, 15) is 0 Å². The van der Waals surface area contributed by atoms with Gasteiger partial charge >= 0.3 is 0 Å². The normalized spacial score (nSPS) is 20.4. The molecule has 2 rings (SSSR count). The van der Waals surface area contributed by atoms with E-state index in [1.165, 1.54) is 19.3 Å². The van der Waals surface area contributed by atoms with E-state index in [1.54, 1.807) is 6.20 Å². The van der Waals surface area contributed by atoms with E-state index in [0.29, 0.717) is 4.99 Å². The predicted octanol–water partition coefficient (Wildman–Crippen LogP) is 2.98. The van der Waals surface area contributed by atoms with Gasteiger partial charge in [0.2, 0.25) is 0 Å². The number of hydrogen-bond acceptors (Lipinski definition) is 3. The summed E-state index contributed by atoms with van der Waals surface area (Å²) >= 11 is 5.11. The zero-order valence-electron chi connectivity index (χ0n) is 11.8. The predicted molar refractivity (Wildman–Crippen MR) is 84.5 cm³/mol. The van der Waals surface area contributed by atoms with Gasteiger partial charge in [-0.3, -0.25) is 4.98 Å². The molecule has 104 valence electrons. The Hall–Kier alpha value is -1.16. The van der Waals surface area contributed by atoms with Crippen LogP contribution in [-0.2, 0) is 0 Å². The maximum Gasteiger partial charge on any atom is 0.124 e. The van der Waals surface area contributed by atoms with Gasteiger partial charge in [0.25, 0.3) is 0 Å². The Bertz CT molecular complexity index is 445. The highest BCUT2D eigenvalue weighted by atomic mass is 32.1. The summed E-state index contributed by atoms with van der Waals surface area (Å²) in [6, 6.07) is 4.04. The van der Waals surface area contributed by atoms with Crippen molar-refractivity contribution in [1.82, 2.24) is 4.98 Å². The Morgan fingerprint density at radius 3 is 2.89 bits per heavy atom. The van der Waals surface area contributed by atoms with Crippen molar-refractivity contribution in [3.8, 4) is 0 Å². The second-order valence-corrected chi connectivity index (χ2v) is 6.10. The summed E-state index contributed by atoms with van der Waals surface area (Å²) in [7, 11) is 0. The lowest BCUT2D eigenvalue weighted by Gasteiger charge is -2.25. The number of anilines is 1. The Balaban J connectivity index is 2.16.